The number of hydrogen-bond donors (Lipinski definition) is 2. The van der Waals surface area contributed by atoms with Crippen LogP contribution in [-0.4, -0.2) is 43.9 Å². The summed E-state index contributed by atoms with van der Waals surface area (Å²) in [6.45, 7) is 1.55. The third kappa shape index (κ3) is 2.78. The molecule has 0 atom stereocenters. The summed E-state index contributed by atoms with van der Waals surface area (Å²) in [7, 11) is 0. The maximum atomic E-state index is 12.4. The number of aromatic amines is 1. The van der Waals surface area contributed by atoms with Gasteiger partial charge in [-0.15, -0.1) is 0 Å². The molecule has 0 aromatic carbocycles. The average Bonchev–Trinajstić information content (AvgIpc) is 3.11. The summed E-state index contributed by atoms with van der Waals surface area (Å²) in [5, 5.41) is 2.93. The van der Waals surface area contributed by atoms with Gasteiger partial charge < -0.3 is 15.2 Å². The highest BCUT2D eigenvalue weighted by Gasteiger charge is 2.26. The fourth-order valence-corrected chi connectivity index (χ4v) is 3.03. The number of anilines is 2. The first kappa shape index (κ1) is 14.6. The molecule has 1 saturated heterocycles. The van der Waals surface area contributed by atoms with Crippen molar-refractivity contribution >= 4 is 28.6 Å². The number of carbonyl (C=O) groups is 1. The predicted molar refractivity (Wildman–Crippen MR) is 89.5 cm³/mol. The maximum Gasteiger partial charge on any atom is 0.227 e. The molecule has 0 saturated carbocycles. The molecule has 3 aromatic rings. The van der Waals surface area contributed by atoms with Crippen molar-refractivity contribution < 1.29 is 4.79 Å². The first-order valence-corrected chi connectivity index (χ1v) is 7.91. The van der Waals surface area contributed by atoms with Crippen molar-refractivity contribution in [1.29, 1.82) is 0 Å². The molecular formula is C16H17N7O. The first-order chi connectivity index (χ1) is 11.8. The Labute approximate surface area is 138 Å². The lowest BCUT2D eigenvalue weighted by atomic mass is 9.96. The molecule has 0 spiro atoms. The van der Waals surface area contributed by atoms with Crippen molar-refractivity contribution in [3.63, 3.8) is 0 Å². The number of amides is 1. The van der Waals surface area contributed by atoms with Crippen LogP contribution in [0.25, 0.3) is 11.2 Å². The number of pyridine rings is 1. The molecule has 3 aromatic heterocycles. The maximum absolute atomic E-state index is 12.4. The molecule has 0 radical (unpaired) electrons. The number of imidazole rings is 1. The monoisotopic (exact) mass is 323 g/mol. The number of rotatable bonds is 3. The van der Waals surface area contributed by atoms with Crippen molar-refractivity contribution in [1.82, 2.24) is 24.9 Å². The topological polar surface area (TPSA) is 99.7 Å². The second kappa shape index (κ2) is 6.23. The van der Waals surface area contributed by atoms with Crippen LogP contribution in [0.4, 0.5) is 11.5 Å². The summed E-state index contributed by atoms with van der Waals surface area (Å²) in [6, 6.07) is 3.65. The molecule has 4 heterocycles. The Morgan fingerprint density at radius 2 is 2.12 bits per heavy atom. The van der Waals surface area contributed by atoms with Gasteiger partial charge in [0.2, 0.25) is 5.91 Å². The number of piperidine rings is 1. The Kier molecular flexibility index (Phi) is 3.78. The Balaban J connectivity index is 1.41. The molecule has 1 aliphatic rings. The van der Waals surface area contributed by atoms with E-state index in [0.717, 1.165) is 43.0 Å². The number of nitrogens with one attached hydrogen (secondary N) is 2. The van der Waals surface area contributed by atoms with Crippen molar-refractivity contribution in [2.24, 2.45) is 5.92 Å². The summed E-state index contributed by atoms with van der Waals surface area (Å²) in [5.74, 6) is 0.904. The molecule has 0 aliphatic carbocycles. The van der Waals surface area contributed by atoms with E-state index in [1.165, 1.54) is 6.33 Å². The van der Waals surface area contributed by atoms with E-state index in [-0.39, 0.29) is 11.8 Å². The highest BCUT2D eigenvalue weighted by Crippen LogP contribution is 2.26. The van der Waals surface area contributed by atoms with E-state index < -0.39 is 0 Å². The van der Waals surface area contributed by atoms with Gasteiger partial charge in [0.05, 0.1) is 18.2 Å². The van der Waals surface area contributed by atoms with E-state index in [2.05, 4.69) is 35.1 Å². The molecule has 2 N–H and O–H groups in total. The molecule has 1 aliphatic heterocycles. The molecule has 4 rings (SSSR count). The SMILES string of the molecule is O=C(Nc1cccnc1)C1CCN(c2ncnc3nc[nH]c23)CC1. The Morgan fingerprint density at radius 3 is 2.92 bits per heavy atom. The van der Waals surface area contributed by atoms with Crippen LogP contribution in [0.15, 0.2) is 37.2 Å². The van der Waals surface area contributed by atoms with Crippen molar-refractivity contribution in [3.8, 4) is 0 Å². The van der Waals surface area contributed by atoms with Crippen LogP contribution in [0.5, 0.6) is 0 Å². The Morgan fingerprint density at radius 1 is 1.25 bits per heavy atom. The van der Waals surface area contributed by atoms with Crippen molar-refractivity contribution in [2.45, 2.75) is 12.8 Å². The lowest BCUT2D eigenvalue weighted by Gasteiger charge is -2.32. The van der Waals surface area contributed by atoms with E-state index >= 15 is 0 Å². The van der Waals surface area contributed by atoms with Crippen LogP contribution < -0.4 is 10.2 Å². The number of fused-ring (bicyclic) bond motifs is 1. The molecule has 0 unspecified atom stereocenters. The third-order valence-electron chi connectivity index (χ3n) is 4.30. The number of aromatic nitrogens is 5. The fourth-order valence-electron chi connectivity index (χ4n) is 3.03. The summed E-state index contributed by atoms with van der Waals surface area (Å²) in [4.78, 5) is 34.3. The molecule has 24 heavy (non-hydrogen) atoms. The van der Waals surface area contributed by atoms with Crippen LogP contribution >= 0.6 is 0 Å². The number of nitrogens with zero attached hydrogens (tertiary/aromatic N) is 5. The number of hydrogen-bond acceptors (Lipinski definition) is 6. The van der Waals surface area contributed by atoms with Crippen LogP contribution in [0.1, 0.15) is 12.8 Å². The first-order valence-electron chi connectivity index (χ1n) is 7.91. The zero-order valence-electron chi connectivity index (χ0n) is 13.0. The lowest BCUT2D eigenvalue weighted by molar-refractivity contribution is -0.120. The van der Waals surface area contributed by atoms with Gasteiger partial charge in [-0.1, -0.05) is 0 Å². The van der Waals surface area contributed by atoms with Crippen LogP contribution in [0.2, 0.25) is 0 Å². The largest absolute Gasteiger partial charge is 0.355 e. The number of H-pyrrole nitrogens is 1. The molecule has 1 amide bonds. The minimum atomic E-state index is 0.000510. The van der Waals surface area contributed by atoms with E-state index in [4.69, 9.17) is 0 Å². The Hall–Kier alpha value is -3.03. The van der Waals surface area contributed by atoms with E-state index in [9.17, 15) is 4.79 Å². The van der Waals surface area contributed by atoms with Gasteiger partial charge in [0.1, 0.15) is 11.8 Å². The third-order valence-corrected chi connectivity index (χ3v) is 4.30. The molecule has 0 bridgehead atoms. The van der Waals surface area contributed by atoms with E-state index in [0.29, 0.717) is 5.65 Å². The quantitative estimate of drug-likeness (QED) is 0.759. The summed E-state index contributed by atoms with van der Waals surface area (Å²) < 4.78 is 0. The van der Waals surface area contributed by atoms with Gasteiger partial charge in [0, 0.05) is 25.2 Å². The summed E-state index contributed by atoms with van der Waals surface area (Å²) in [6.07, 6.45) is 8.06. The molecule has 122 valence electrons. The smallest absolute Gasteiger partial charge is 0.227 e. The molecular weight excluding hydrogens is 306 g/mol. The Bertz CT molecular complexity index is 840. The van der Waals surface area contributed by atoms with Gasteiger partial charge >= 0.3 is 0 Å². The molecule has 1 fully saturated rings. The highest BCUT2D eigenvalue weighted by molar-refractivity contribution is 5.92. The second-order valence-electron chi connectivity index (χ2n) is 5.79. The predicted octanol–water partition coefficient (Wildman–Crippen LogP) is 1.60. The fraction of sp³-hybridized carbons (Fsp3) is 0.312. The van der Waals surface area contributed by atoms with Gasteiger partial charge in [-0.05, 0) is 25.0 Å². The highest BCUT2D eigenvalue weighted by atomic mass is 16.1. The zero-order valence-corrected chi connectivity index (χ0v) is 13.0. The minimum absolute atomic E-state index is 0.000510. The summed E-state index contributed by atoms with van der Waals surface area (Å²) >= 11 is 0. The van der Waals surface area contributed by atoms with Crippen molar-refractivity contribution in [3.05, 3.63) is 37.2 Å². The average molecular weight is 323 g/mol. The van der Waals surface area contributed by atoms with Crippen LogP contribution in [-0.2, 0) is 4.79 Å². The van der Waals surface area contributed by atoms with Crippen LogP contribution in [0, 0.1) is 5.92 Å². The van der Waals surface area contributed by atoms with E-state index in [1.807, 2.05) is 12.1 Å². The zero-order chi connectivity index (χ0) is 16.4. The van der Waals surface area contributed by atoms with Gasteiger partial charge in [-0.3, -0.25) is 9.78 Å². The molecule has 8 heteroatoms. The van der Waals surface area contributed by atoms with Crippen molar-refractivity contribution in [2.75, 3.05) is 23.3 Å². The number of carbonyl (C=O) groups excluding carboxylic acids is 1. The van der Waals surface area contributed by atoms with E-state index in [1.54, 1.807) is 18.7 Å². The molecule has 8 nitrogen and oxygen atoms in total. The van der Waals surface area contributed by atoms with Gasteiger partial charge in [-0.2, -0.15) is 0 Å². The summed E-state index contributed by atoms with van der Waals surface area (Å²) in [5.41, 5.74) is 2.24. The minimum Gasteiger partial charge on any atom is -0.355 e. The van der Waals surface area contributed by atoms with Crippen LogP contribution in [0.3, 0.4) is 0 Å². The van der Waals surface area contributed by atoms with Gasteiger partial charge in [0.15, 0.2) is 11.5 Å². The standard InChI is InChI=1S/C16H17N7O/c24-16(22-12-2-1-5-17-8-12)11-3-6-23(7-4-11)15-13-14(19-9-18-13)20-10-21-15/h1-2,5,8-11H,3-4,6-7H2,(H,22,24)(H,18,19,20,21). The second-order valence-corrected chi connectivity index (χ2v) is 5.79. The normalized spacial score (nSPS) is 15.6. The lowest BCUT2D eigenvalue weighted by Crippen LogP contribution is -2.38. The van der Waals surface area contributed by atoms with Gasteiger partial charge in [0.25, 0.3) is 0 Å². The van der Waals surface area contributed by atoms with Gasteiger partial charge in [-0.25, -0.2) is 15.0 Å².